The molecule has 0 aromatic carbocycles. The van der Waals surface area contributed by atoms with Crippen molar-refractivity contribution >= 4 is 0 Å². The Morgan fingerprint density at radius 2 is 2.13 bits per heavy atom. The summed E-state index contributed by atoms with van der Waals surface area (Å²) in [6.45, 7) is 3.81. The second-order valence-corrected chi connectivity index (χ2v) is 3.56. The van der Waals surface area contributed by atoms with E-state index >= 15 is 0 Å². The third-order valence-electron chi connectivity index (χ3n) is 2.38. The lowest BCUT2D eigenvalue weighted by atomic mass is 10.0. The van der Waals surface area contributed by atoms with Crippen LogP contribution in [0.15, 0.2) is 29.1 Å². The van der Waals surface area contributed by atoms with Gasteiger partial charge in [-0.1, -0.05) is 0 Å². The van der Waals surface area contributed by atoms with Gasteiger partial charge in [-0.25, -0.2) is 0 Å². The third-order valence-corrected chi connectivity index (χ3v) is 2.38. The van der Waals surface area contributed by atoms with Crippen molar-refractivity contribution in [2.45, 2.75) is 19.9 Å². The average molecular weight is 203 g/mol. The SMILES string of the molecule is Cc1cc(C(N)c2ccoc2)c(C)nn1. The molecule has 2 aromatic rings. The van der Waals surface area contributed by atoms with Gasteiger partial charge in [0.25, 0.3) is 0 Å². The minimum Gasteiger partial charge on any atom is -0.472 e. The van der Waals surface area contributed by atoms with Crippen molar-refractivity contribution < 1.29 is 4.42 Å². The molecule has 2 heterocycles. The fraction of sp³-hybridized carbons (Fsp3) is 0.273. The van der Waals surface area contributed by atoms with Crippen molar-refractivity contribution in [2.75, 3.05) is 0 Å². The van der Waals surface area contributed by atoms with Gasteiger partial charge in [-0.3, -0.25) is 0 Å². The van der Waals surface area contributed by atoms with Crippen LogP contribution in [0.3, 0.4) is 0 Å². The summed E-state index contributed by atoms with van der Waals surface area (Å²) in [6.07, 6.45) is 3.27. The van der Waals surface area contributed by atoms with Crippen LogP contribution >= 0.6 is 0 Å². The highest BCUT2D eigenvalue weighted by Crippen LogP contribution is 2.21. The van der Waals surface area contributed by atoms with Gasteiger partial charge >= 0.3 is 0 Å². The Labute approximate surface area is 88.1 Å². The summed E-state index contributed by atoms with van der Waals surface area (Å²) in [5.74, 6) is 0. The zero-order chi connectivity index (χ0) is 10.8. The van der Waals surface area contributed by atoms with Gasteiger partial charge < -0.3 is 10.2 Å². The molecule has 0 aliphatic carbocycles. The van der Waals surface area contributed by atoms with Crippen LogP contribution in [-0.4, -0.2) is 10.2 Å². The van der Waals surface area contributed by atoms with E-state index in [-0.39, 0.29) is 6.04 Å². The number of hydrogen-bond acceptors (Lipinski definition) is 4. The molecule has 2 rings (SSSR count). The Balaban J connectivity index is 2.41. The lowest BCUT2D eigenvalue weighted by molar-refractivity contribution is 0.562. The minimum absolute atomic E-state index is 0.196. The molecule has 1 unspecified atom stereocenters. The van der Waals surface area contributed by atoms with E-state index in [1.54, 1.807) is 12.5 Å². The summed E-state index contributed by atoms with van der Waals surface area (Å²) < 4.78 is 5.01. The zero-order valence-corrected chi connectivity index (χ0v) is 8.77. The highest BCUT2D eigenvalue weighted by Gasteiger charge is 2.13. The Hall–Kier alpha value is -1.68. The molecular weight excluding hydrogens is 190 g/mol. The Morgan fingerprint density at radius 1 is 1.33 bits per heavy atom. The maximum absolute atomic E-state index is 6.10. The highest BCUT2D eigenvalue weighted by molar-refractivity contribution is 5.31. The second kappa shape index (κ2) is 3.82. The van der Waals surface area contributed by atoms with Gasteiger partial charge in [-0.15, -0.1) is 0 Å². The van der Waals surface area contributed by atoms with Crippen LogP contribution in [-0.2, 0) is 0 Å². The van der Waals surface area contributed by atoms with Crippen LogP contribution in [0, 0.1) is 13.8 Å². The van der Waals surface area contributed by atoms with E-state index < -0.39 is 0 Å². The maximum atomic E-state index is 6.10. The lowest BCUT2D eigenvalue weighted by Crippen LogP contribution is -2.14. The van der Waals surface area contributed by atoms with E-state index in [1.807, 2.05) is 26.0 Å². The fourth-order valence-electron chi connectivity index (χ4n) is 1.52. The minimum atomic E-state index is -0.196. The van der Waals surface area contributed by atoms with E-state index in [0.29, 0.717) is 0 Å². The standard InChI is InChI=1S/C11H13N3O/c1-7-5-10(8(2)14-13-7)11(12)9-3-4-15-6-9/h3-6,11H,12H2,1-2H3. The van der Waals surface area contributed by atoms with E-state index in [1.165, 1.54) is 0 Å². The van der Waals surface area contributed by atoms with E-state index in [0.717, 1.165) is 22.5 Å². The molecule has 4 nitrogen and oxygen atoms in total. The molecule has 0 aliphatic heterocycles. The highest BCUT2D eigenvalue weighted by atomic mass is 16.3. The molecule has 0 saturated heterocycles. The maximum Gasteiger partial charge on any atom is 0.0953 e. The van der Waals surface area contributed by atoms with Gasteiger partial charge in [0, 0.05) is 5.56 Å². The summed E-state index contributed by atoms with van der Waals surface area (Å²) in [7, 11) is 0. The predicted octanol–water partition coefficient (Wildman–Crippen LogP) is 1.73. The summed E-state index contributed by atoms with van der Waals surface area (Å²) in [5.41, 5.74) is 9.77. The fourth-order valence-corrected chi connectivity index (χ4v) is 1.52. The molecule has 4 heteroatoms. The molecule has 0 aliphatic rings. The first-order chi connectivity index (χ1) is 7.18. The van der Waals surface area contributed by atoms with Crippen LogP contribution in [0.2, 0.25) is 0 Å². The Kier molecular flexibility index (Phi) is 2.51. The average Bonchev–Trinajstić information content (AvgIpc) is 2.74. The first-order valence-electron chi connectivity index (χ1n) is 4.77. The number of rotatable bonds is 2. The summed E-state index contributed by atoms with van der Waals surface area (Å²) >= 11 is 0. The molecule has 0 bridgehead atoms. The van der Waals surface area contributed by atoms with E-state index in [2.05, 4.69) is 10.2 Å². The summed E-state index contributed by atoms with van der Waals surface area (Å²) in [4.78, 5) is 0. The van der Waals surface area contributed by atoms with Gasteiger partial charge in [0.1, 0.15) is 0 Å². The lowest BCUT2D eigenvalue weighted by Gasteiger charge is -2.12. The van der Waals surface area contributed by atoms with Crippen LogP contribution in [0.25, 0.3) is 0 Å². The topological polar surface area (TPSA) is 64.9 Å². The third kappa shape index (κ3) is 1.89. The van der Waals surface area contributed by atoms with Gasteiger partial charge in [0.15, 0.2) is 0 Å². The van der Waals surface area contributed by atoms with Crippen LogP contribution in [0.4, 0.5) is 0 Å². The van der Waals surface area contributed by atoms with Gasteiger partial charge in [-0.2, -0.15) is 10.2 Å². The largest absolute Gasteiger partial charge is 0.472 e. The number of nitrogens with two attached hydrogens (primary N) is 1. The molecule has 0 radical (unpaired) electrons. The monoisotopic (exact) mass is 203 g/mol. The van der Waals surface area contributed by atoms with Crippen LogP contribution in [0.1, 0.15) is 28.6 Å². The van der Waals surface area contributed by atoms with Crippen molar-refractivity contribution in [1.29, 1.82) is 0 Å². The van der Waals surface area contributed by atoms with Crippen molar-refractivity contribution in [3.05, 3.63) is 47.2 Å². The summed E-state index contributed by atoms with van der Waals surface area (Å²) in [5, 5.41) is 8.02. The molecule has 1 atom stereocenters. The molecular formula is C11H13N3O. The van der Waals surface area contributed by atoms with Crippen molar-refractivity contribution in [1.82, 2.24) is 10.2 Å². The smallest absolute Gasteiger partial charge is 0.0953 e. The Bertz CT molecular complexity index is 451. The first kappa shape index (κ1) is 9.86. The number of aryl methyl sites for hydroxylation is 2. The molecule has 0 saturated carbocycles. The predicted molar refractivity (Wildman–Crippen MR) is 56.2 cm³/mol. The molecule has 0 spiro atoms. The number of furan rings is 1. The van der Waals surface area contributed by atoms with Crippen molar-refractivity contribution in [3.8, 4) is 0 Å². The summed E-state index contributed by atoms with van der Waals surface area (Å²) in [6, 6.07) is 3.62. The van der Waals surface area contributed by atoms with E-state index in [4.69, 9.17) is 10.2 Å². The van der Waals surface area contributed by atoms with Gasteiger partial charge in [0.05, 0.1) is 30.0 Å². The number of hydrogen-bond donors (Lipinski definition) is 1. The molecule has 0 fully saturated rings. The first-order valence-corrected chi connectivity index (χ1v) is 4.77. The van der Waals surface area contributed by atoms with Gasteiger partial charge in [-0.05, 0) is 31.5 Å². The van der Waals surface area contributed by atoms with Crippen LogP contribution in [0.5, 0.6) is 0 Å². The molecule has 0 amide bonds. The number of aromatic nitrogens is 2. The molecule has 15 heavy (non-hydrogen) atoms. The van der Waals surface area contributed by atoms with Crippen LogP contribution < -0.4 is 5.73 Å². The zero-order valence-electron chi connectivity index (χ0n) is 8.77. The molecule has 2 N–H and O–H groups in total. The number of nitrogens with zero attached hydrogens (tertiary/aromatic N) is 2. The quantitative estimate of drug-likeness (QED) is 0.807. The Morgan fingerprint density at radius 3 is 2.80 bits per heavy atom. The molecule has 2 aromatic heterocycles. The van der Waals surface area contributed by atoms with Crippen molar-refractivity contribution in [3.63, 3.8) is 0 Å². The molecule has 78 valence electrons. The normalized spacial score (nSPS) is 12.7. The van der Waals surface area contributed by atoms with Crippen molar-refractivity contribution in [2.24, 2.45) is 5.73 Å². The second-order valence-electron chi connectivity index (χ2n) is 3.56. The van der Waals surface area contributed by atoms with E-state index in [9.17, 15) is 0 Å². The van der Waals surface area contributed by atoms with Gasteiger partial charge in [0.2, 0.25) is 0 Å².